The van der Waals surface area contributed by atoms with Crippen molar-refractivity contribution in [1.82, 2.24) is 5.32 Å². The Morgan fingerprint density at radius 2 is 2.13 bits per heavy atom. The van der Waals surface area contributed by atoms with Gasteiger partial charge >= 0.3 is 0 Å². The summed E-state index contributed by atoms with van der Waals surface area (Å²) in [6.07, 6.45) is 2.58. The van der Waals surface area contributed by atoms with Gasteiger partial charge in [0.25, 0.3) is 0 Å². The Hall–Kier alpha value is -0.340. The van der Waals surface area contributed by atoms with Gasteiger partial charge in [-0.3, -0.25) is 0 Å². The van der Waals surface area contributed by atoms with Crippen molar-refractivity contribution >= 4 is 11.3 Å². The van der Waals surface area contributed by atoms with Crippen LogP contribution in [0.3, 0.4) is 0 Å². The summed E-state index contributed by atoms with van der Waals surface area (Å²) in [5.41, 5.74) is 2.37. The molecule has 0 bridgehead atoms. The van der Waals surface area contributed by atoms with Crippen LogP contribution in [0.25, 0.3) is 0 Å². The third kappa shape index (κ3) is 1.31. The Morgan fingerprint density at radius 1 is 1.40 bits per heavy atom. The molecule has 0 aromatic carbocycles. The Balaban J connectivity index is 2.01. The van der Waals surface area contributed by atoms with E-state index in [0.29, 0.717) is 5.41 Å². The van der Waals surface area contributed by atoms with E-state index in [0.717, 1.165) is 12.5 Å². The first-order valence-corrected chi connectivity index (χ1v) is 6.74. The van der Waals surface area contributed by atoms with E-state index in [2.05, 4.69) is 37.5 Å². The molecule has 2 atom stereocenters. The summed E-state index contributed by atoms with van der Waals surface area (Å²) in [6, 6.07) is 2.33. The van der Waals surface area contributed by atoms with Crippen LogP contribution in [0.2, 0.25) is 0 Å². The summed E-state index contributed by atoms with van der Waals surface area (Å²) in [4.78, 5) is 1.61. The van der Waals surface area contributed by atoms with Crippen molar-refractivity contribution in [2.75, 3.05) is 6.54 Å². The first-order chi connectivity index (χ1) is 7.04. The molecule has 2 heterocycles. The summed E-state index contributed by atoms with van der Waals surface area (Å²) < 4.78 is 0. The Morgan fingerprint density at radius 3 is 2.80 bits per heavy atom. The third-order valence-corrected chi connectivity index (χ3v) is 5.34. The molecule has 1 nitrogen and oxygen atoms in total. The third-order valence-electron chi connectivity index (χ3n) is 4.36. The second-order valence-electron chi connectivity index (χ2n) is 5.88. The lowest BCUT2D eigenvalue weighted by Crippen LogP contribution is -2.47. The van der Waals surface area contributed by atoms with Crippen molar-refractivity contribution in [3.63, 3.8) is 0 Å². The number of thiophene rings is 1. The molecule has 0 spiro atoms. The van der Waals surface area contributed by atoms with Crippen LogP contribution < -0.4 is 5.32 Å². The molecule has 15 heavy (non-hydrogen) atoms. The van der Waals surface area contributed by atoms with Gasteiger partial charge in [0.15, 0.2) is 0 Å². The minimum atomic E-state index is 0.247. The van der Waals surface area contributed by atoms with Gasteiger partial charge in [-0.25, -0.2) is 0 Å². The van der Waals surface area contributed by atoms with Crippen LogP contribution in [0.4, 0.5) is 0 Å². The normalized spacial score (nSPS) is 37.4. The number of fused-ring (bicyclic) bond motifs is 1. The van der Waals surface area contributed by atoms with Gasteiger partial charge in [-0.15, -0.1) is 11.3 Å². The van der Waals surface area contributed by atoms with Gasteiger partial charge in [0.1, 0.15) is 0 Å². The van der Waals surface area contributed by atoms with Crippen molar-refractivity contribution < 1.29 is 0 Å². The number of hydrogen-bond acceptors (Lipinski definition) is 2. The Labute approximate surface area is 95.9 Å². The molecule has 1 saturated carbocycles. The zero-order chi connectivity index (χ0) is 10.7. The second-order valence-corrected chi connectivity index (χ2v) is 6.88. The fourth-order valence-corrected chi connectivity index (χ4v) is 4.29. The standard InChI is InChI=1S/C13H19NS/c1-12(2)8-11(12)13(3)9-5-7-15-10(9)4-6-14-13/h5,7,11,14H,4,6,8H2,1-3H3. The lowest BCUT2D eigenvalue weighted by molar-refractivity contribution is 0.270. The smallest absolute Gasteiger partial charge is 0.0451 e. The summed E-state index contributed by atoms with van der Waals surface area (Å²) >= 11 is 1.93. The van der Waals surface area contributed by atoms with Crippen LogP contribution >= 0.6 is 11.3 Å². The van der Waals surface area contributed by atoms with Crippen LogP contribution in [-0.2, 0) is 12.0 Å². The minimum absolute atomic E-state index is 0.247. The Bertz CT molecular complexity index is 393. The average Bonchev–Trinajstić information content (AvgIpc) is 2.65. The van der Waals surface area contributed by atoms with E-state index in [1.54, 1.807) is 10.4 Å². The zero-order valence-corrected chi connectivity index (χ0v) is 10.6. The van der Waals surface area contributed by atoms with Crippen LogP contribution in [0, 0.1) is 11.3 Å². The maximum atomic E-state index is 3.76. The molecular weight excluding hydrogens is 202 g/mol. The molecule has 0 saturated heterocycles. The lowest BCUT2D eigenvalue weighted by Gasteiger charge is -2.37. The molecule has 2 heteroatoms. The molecule has 0 radical (unpaired) electrons. The molecule has 1 aliphatic heterocycles. The molecule has 0 amide bonds. The number of hydrogen-bond donors (Lipinski definition) is 1. The maximum Gasteiger partial charge on any atom is 0.0451 e. The van der Waals surface area contributed by atoms with Gasteiger partial charge in [-0.2, -0.15) is 0 Å². The van der Waals surface area contributed by atoms with Crippen molar-refractivity contribution in [2.24, 2.45) is 11.3 Å². The minimum Gasteiger partial charge on any atom is -0.307 e. The highest BCUT2D eigenvalue weighted by atomic mass is 32.1. The maximum absolute atomic E-state index is 3.76. The second kappa shape index (κ2) is 2.86. The van der Waals surface area contributed by atoms with E-state index in [1.807, 2.05) is 11.3 Å². The van der Waals surface area contributed by atoms with E-state index >= 15 is 0 Å². The lowest BCUT2D eigenvalue weighted by atomic mass is 9.81. The molecule has 1 N–H and O–H groups in total. The molecule has 3 rings (SSSR count). The summed E-state index contributed by atoms with van der Waals surface area (Å²) in [6.45, 7) is 8.34. The van der Waals surface area contributed by atoms with Crippen LogP contribution in [0.5, 0.6) is 0 Å². The molecular formula is C13H19NS. The summed E-state index contributed by atoms with van der Waals surface area (Å²) in [5.74, 6) is 0.818. The van der Waals surface area contributed by atoms with Crippen molar-refractivity contribution in [3.05, 3.63) is 21.9 Å². The van der Waals surface area contributed by atoms with E-state index in [9.17, 15) is 0 Å². The highest BCUT2D eigenvalue weighted by Gasteiger charge is 2.57. The fourth-order valence-electron chi connectivity index (χ4n) is 3.29. The largest absolute Gasteiger partial charge is 0.307 e. The average molecular weight is 221 g/mol. The molecule has 1 fully saturated rings. The van der Waals surface area contributed by atoms with Gasteiger partial charge in [0.2, 0.25) is 0 Å². The number of nitrogens with one attached hydrogen (secondary N) is 1. The quantitative estimate of drug-likeness (QED) is 0.768. The predicted molar refractivity (Wildman–Crippen MR) is 65.3 cm³/mol. The van der Waals surface area contributed by atoms with Crippen LogP contribution in [-0.4, -0.2) is 6.54 Å². The topological polar surface area (TPSA) is 12.0 Å². The van der Waals surface area contributed by atoms with E-state index < -0.39 is 0 Å². The van der Waals surface area contributed by atoms with E-state index in [1.165, 1.54) is 12.8 Å². The zero-order valence-electron chi connectivity index (χ0n) is 9.76. The number of rotatable bonds is 1. The van der Waals surface area contributed by atoms with E-state index in [-0.39, 0.29) is 5.54 Å². The fraction of sp³-hybridized carbons (Fsp3) is 0.692. The highest BCUT2D eigenvalue weighted by molar-refractivity contribution is 7.10. The van der Waals surface area contributed by atoms with Gasteiger partial charge in [0.05, 0.1) is 0 Å². The summed E-state index contributed by atoms with van der Waals surface area (Å²) in [7, 11) is 0. The van der Waals surface area contributed by atoms with Gasteiger partial charge < -0.3 is 5.32 Å². The molecule has 2 unspecified atom stereocenters. The van der Waals surface area contributed by atoms with Crippen molar-refractivity contribution in [2.45, 2.75) is 39.2 Å². The summed E-state index contributed by atoms with van der Waals surface area (Å²) in [5, 5.41) is 6.02. The van der Waals surface area contributed by atoms with Gasteiger partial charge in [-0.1, -0.05) is 13.8 Å². The van der Waals surface area contributed by atoms with Gasteiger partial charge in [0, 0.05) is 17.0 Å². The monoisotopic (exact) mass is 221 g/mol. The highest BCUT2D eigenvalue weighted by Crippen LogP contribution is 2.61. The molecule has 2 aliphatic rings. The van der Waals surface area contributed by atoms with Crippen molar-refractivity contribution in [3.8, 4) is 0 Å². The SMILES string of the molecule is CC1(C)CC1C1(C)NCCc2sccc21. The van der Waals surface area contributed by atoms with Crippen LogP contribution in [0.15, 0.2) is 11.4 Å². The molecule has 1 aromatic rings. The molecule has 1 aromatic heterocycles. The Kier molecular flexibility index (Phi) is 1.88. The molecule has 82 valence electrons. The van der Waals surface area contributed by atoms with Crippen molar-refractivity contribution in [1.29, 1.82) is 0 Å². The predicted octanol–water partition coefficient (Wildman–Crippen LogP) is 3.16. The van der Waals surface area contributed by atoms with Crippen LogP contribution in [0.1, 0.15) is 37.6 Å². The van der Waals surface area contributed by atoms with E-state index in [4.69, 9.17) is 0 Å². The first kappa shape index (κ1) is 9.86. The first-order valence-electron chi connectivity index (χ1n) is 5.86. The molecule has 1 aliphatic carbocycles. The van der Waals surface area contributed by atoms with Gasteiger partial charge in [-0.05, 0) is 48.1 Å².